The van der Waals surface area contributed by atoms with Gasteiger partial charge in [-0.25, -0.2) is 14.8 Å². The van der Waals surface area contributed by atoms with E-state index in [1.165, 1.54) is 15.7 Å². The predicted molar refractivity (Wildman–Crippen MR) is 163 cm³/mol. The molecule has 13 heteroatoms. The van der Waals surface area contributed by atoms with Crippen molar-refractivity contribution < 1.29 is 9.53 Å². The van der Waals surface area contributed by atoms with Gasteiger partial charge >= 0.3 is 5.69 Å². The molecule has 4 heterocycles. The maximum atomic E-state index is 14.1. The molecular weight excluding hydrogens is 550 g/mol. The number of ether oxygens (including phenoxy) is 1. The van der Waals surface area contributed by atoms with Gasteiger partial charge in [-0.15, -0.1) is 0 Å². The van der Waals surface area contributed by atoms with Crippen LogP contribution in [0.1, 0.15) is 28.0 Å². The smallest absolute Gasteiger partial charge is 0.330 e. The second kappa shape index (κ2) is 11.4. The van der Waals surface area contributed by atoms with E-state index in [9.17, 15) is 14.4 Å². The maximum Gasteiger partial charge on any atom is 0.330 e. The Morgan fingerprint density at radius 2 is 1.84 bits per heavy atom. The van der Waals surface area contributed by atoms with Crippen molar-refractivity contribution >= 4 is 39.5 Å². The van der Waals surface area contributed by atoms with E-state index in [4.69, 9.17) is 10.5 Å². The van der Waals surface area contributed by atoms with Gasteiger partial charge in [-0.1, -0.05) is 42.5 Å². The molecule has 0 fully saturated rings. The molecule has 4 aromatic heterocycles. The van der Waals surface area contributed by atoms with Crippen molar-refractivity contribution in [1.29, 1.82) is 0 Å². The Balaban J connectivity index is 1.41. The number of carbonyl (C=O) groups is 1. The molecule has 43 heavy (non-hydrogen) atoms. The van der Waals surface area contributed by atoms with Gasteiger partial charge in [0.2, 0.25) is 5.95 Å². The van der Waals surface area contributed by atoms with E-state index in [1.54, 1.807) is 17.9 Å². The molecule has 0 aliphatic heterocycles. The first-order valence-electron chi connectivity index (χ1n) is 13.6. The normalized spacial score (nSPS) is 11.4. The zero-order valence-corrected chi connectivity index (χ0v) is 23.6. The van der Waals surface area contributed by atoms with E-state index in [-0.39, 0.29) is 30.2 Å². The van der Waals surface area contributed by atoms with Crippen LogP contribution in [0.2, 0.25) is 0 Å². The number of H-pyrrole nitrogens is 2. The van der Waals surface area contributed by atoms with E-state index < -0.39 is 17.2 Å². The number of aromatic nitrogens is 7. The maximum absolute atomic E-state index is 14.1. The Morgan fingerprint density at radius 3 is 2.60 bits per heavy atom. The number of nitrogens with one attached hydrogen (secondary N) is 2. The Hall–Kier alpha value is -5.56. The Morgan fingerprint density at radius 1 is 1.07 bits per heavy atom. The number of hydrogen-bond donors (Lipinski definition) is 3. The third-order valence-corrected chi connectivity index (χ3v) is 7.17. The van der Waals surface area contributed by atoms with Crippen molar-refractivity contribution in [2.24, 2.45) is 0 Å². The van der Waals surface area contributed by atoms with Crippen molar-refractivity contribution in [2.45, 2.75) is 19.9 Å². The number of benzene rings is 2. The van der Waals surface area contributed by atoms with Gasteiger partial charge in [0.1, 0.15) is 5.82 Å². The second-order valence-corrected chi connectivity index (χ2v) is 10.0. The van der Waals surface area contributed by atoms with Crippen LogP contribution < -0.4 is 21.9 Å². The second-order valence-electron chi connectivity index (χ2n) is 10.0. The lowest BCUT2D eigenvalue weighted by molar-refractivity contribution is 0.0983. The minimum absolute atomic E-state index is 0.110. The van der Waals surface area contributed by atoms with E-state index >= 15 is 0 Å². The summed E-state index contributed by atoms with van der Waals surface area (Å²) in [5, 5.41) is 5.25. The molecule has 6 rings (SSSR count). The van der Waals surface area contributed by atoms with E-state index in [0.29, 0.717) is 35.7 Å². The molecule has 2 aromatic carbocycles. The summed E-state index contributed by atoms with van der Waals surface area (Å²) in [5.41, 5.74) is 8.70. The van der Waals surface area contributed by atoms with Gasteiger partial charge in [-0.3, -0.25) is 19.1 Å². The number of para-hydroxylation sites is 2. The Labute approximate surface area is 244 Å². The number of fused-ring (bicyclic) bond motifs is 2. The average Bonchev–Trinajstić information content (AvgIpc) is 3.59. The highest BCUT2D eigenvalue weighted by Crippen LogP contribution is 2.25. The lowest BCUT2D eigenvalue weighted by Crippen LogP contribution is -2.42. The first kappa shape index (κ1) is 27.6. The van der Waals surface area contributed by atoms with Crippen LogP contribution in [-0.2, 0) is 11.3 Å². The van der Waals surface area contributed by atoms with Crippen molar-refractivity contribution in [3.05, 3.63) is 105 Å². The number of aryl methyl sites for hydroxylation is 1. The van der Waals surface area contributed by atoms with Crippen LogP contribution in [0.5, 0.6) is 0 Å². The number of hydrogen-bond acceptors (Lipinski definition) is 8. The van der Waals surface area contributed by atoms with Gasteiger partial charge in [0.15, 0.2) is 11.3 Å². The summed E-state index contributed by atoms with van der Waals surface area (Å²) in [6.07, 6.45) is 1.84. The Bertz CT molecular complexity index is 2040. The summed E-state index contributed by atoms with van der Waals surface area (Å²) in [7, 11) is 1.55. The standard InChI is InChI=1S/C30H29N9O4/c1-18-21-15-20(16-32-26(21)39(36-18)29-33-22-11-6-7-12-23(22)34-29)28(41)37(13-8-14-43-2)24-25(31)38(30(42)35-27(24)40)17-19-9-4-3-5-10-19/h3-7,9-12,15-16H,8,13-14,17,31H2,1-2H3,(H,33,34)(H,35,40,42). The summed E-state index contributed by atoms with van der Waals surface area (Å²) in [5.74, 6) is -0.137. The van der Waals surface area contributed by atoms with Crippen LogP contribution >= 0.6 is 0 Å². The number of nitrogens with zero attached hydrogens (tertiary/aromatic N) is 6. The third-order valence-electron chi connectivity index (χ3n) is 7.17. The van der Waals surface area contributed by atoms with E-state index in [1.807, 2.05) is 61.5 Å². The summed E-state index contributed by atoms with van der Waals surface area (Å²) in [6.45, 7) is 2.38. The molecule has 0 aliphatic carbocycles. The molecule has 218 valence electrons. The lowest BCUT2D eigenvalue weighted by atomic mass is 10.1. The first-order valence-corrected chi connectivity index (χ1v) is 13.6. The van der Waals surface area contributed by atoms with Gasteiger partial charge in [-0.2, -0.15) is 9.78 Å². The van der Waals surface area contributed by atoms with E-state index in [2.05, 4.69) is 25.0 Å². The van der Waals surface area contributed by atoms with Crippen molar-refractivity contribution in [2.75, 3.05) is 30.9 Å². The molecule has 6 aromatic rings. The van der Waals surface area contributed by atoms with Gasteiger partial charge < -0.3 is 20.4 Å². The molecule has 0 saturated carbocycles. The fourth-order valence-corrected chi connectivity index (χ4v) is 5.05. The minimum atomic E-state index is -0.763. The number of nitrogens with two attached hydrogens (primary N) is 1. The molecule has 0 aliphatic rings. The highest BCUT2D eigenvalue weighted by atomic mass is 16.5. The van der Waals surface area contributed by atoms with Crippen LogP contribution in [0.15, 0.2) is 76.4 Å². The van der Waals surface area contributed by atoms with Crippen molar-refractivity contribution in [1.82, 2.24) is 34.3 Å². The molecular formula is C30H29N9O4. The quantitative estimate of drug-likeness (QED) is 0.220. The lowest BCUT2D eigenvalue weighted by Gasteiger charge is -2.24. The number of imidazole rings is 1. The molecule has 0 bridgehead atoms. The van der Waals surface area contributed by atoms with Crippen LogP contribution in [0.3, 0.4) is 0 Å². The van der Waals surface area contributed by atoms with Crippen molar-refractivity contribution in [3.63, 3.8) is 0 Å². The number of amides is 1. The number of nitrogen functional groups attached to an aromatic ring is 1. The zero-order chi connectivity index (χ0) is 30.1. The molecule has 0 saturated heterocycles. The predicted octanol–water partition coefficient (Wildman–Crippen LogP) is 2.77. The largest absolute Gasteiger partial charge is 0.385 e. The molecule has 0 atom stereocenters. The van der Waals surface area contributed by atoms with E-state index in [0.717, 1.165) is 16.6 Å². The summed E-state index contributed by atoms with van der Waals surface area (Å²) >= 11 is 0. The molecule has 1 amide bonds. The molecule has 0 unspecified atom stereocenters. The van der Waals surface area contributed by atoms with Gasteiger partial charge in [-0.05, 0) is 37.1 Å². The van der Waals surface area contributed by atoms with Crippen LogP contribution in [0.4, 0.5) is 11.5 Å². The number of anilines is 2. The van der Waals surface area contributed by atoms with Crippen molar-refractivity contribution in [3.8, 4) is 5.95 Å². The SMILES string of the molecule is COCCCN(C(=O)c1cnc2c(c1)c(C)nn2-c1nc2ccccc2[nH]1)c1c(N)n(Cc2ccccc2)c(=O)[nH]c1=O. The fourth-order valence-electron chi connectivity index (χ4n) is 5.05. The number of pyridine rings is 1. The minimum Gasteiger partial charge on any atom is -0.385 e. The number of carbonyl (C=O) groups excluding carboxylic acids is 1. The Kier molecular flexibility index (Phi) is 7.30. The highest BCUT2D eigenvalue weighted by Gasteiger charge is 2.26. The molecule has 4 N–H and O–H groups in total. The van der Waals surface area contributed by atoms with Crippen LogP contribution in [0, 0.1) is 6.92 Å². The summed E-state index contributed by atoms with van der Waals surface area (Å²) in [4.78, 5) is 56.0. The third kappa shape index (κ3) is 5.17. The summed E-state index contributed by atoms with van der Waals surface area (Å²) in [6, 6.07) is 18.5. The van der Waals surface area contributed by atoms with Gasteiger partial charge in [0, 0.05) is 31.8 Å². The number of rotatable bonds is 9. The monoisotopic (exact) mass is 579 g/mol. The van der Waals surface area contributed by atoms with Gasteiger partial charge in [0.25, 0.3) is 11.5 Å². The first-order chi connectivity index (χ1) is 20.9. The summed E-state index contributed by atoms with van der Waals surface area (Å²) < 4.78 is 8.03. The number of methoxy groups -OCH3 is 1. The topological polar surface area (TPSA) is 170 Å². The molecule has 13 nitrogen and oxygen atoms in total. The molecule has 0 radical (unpaired) electrons. The van der Waals surface area contributed by atoms with Crippen LogP contribution in [0.25, 0.3) is 28.0 Å². The molecule has 0 spiro atoms. The number of aromatic amines is 2. The zero-order valence-electron chi connectivity index (χ0n) is 23.6. The highest BCUT2D eigenvalue weighted by molar-refractivity contribution is 6.08. The van der Waals surface area contributed by atoms with Gasteiger partial charge in [0.05, 0.1) is 28.8 Å². The average molecular weight is 580 g/mol. The van der Waals surface area contributed by atoms with Crippen LogP contribution in [-0.4, -0.2) is 60.5 Å². The fraction of sp³-hybridized carbons (Fsp3) is 0.200.